The molecule has 0 radical (unpaired) electrons. The zero-order chi connectivity index (χ0) is 18.4. The molecule has 0 aliphatic heterocycles. The lowest BCUT2D eigenvalue weighted by Gasteiger charge is -2.06. The summed E-state index contributed by atoms with van der Waals surface area (Å²) < 4.78 is 11.0. The predicted octanol–water partition coefficient (Wildman–Crippen LogP) is 6.61. The van der Waals surface area contributed by atoms with Crippen LogP contribution in [0.3, 0.4) is 0 Å². The van der Waals surface area contributed by atoms with Crippen molar-refractivity contribution in [1.29, 1.82) is 0 Å². The second-order valence-corrected chi connectivity index (χ2v) is 8.92. The van der Waals surface area contributed by atoms with Crippen molar-refractivity contribution in [2.24, 2.45) is 0 Å². The maximum absolute atomic E-state index is 11.0. The fourth-order valence-electron chi connectivity index (χ4n) is 3.22. The van der Waals surface area contributed by atoms with E-state index in [1.54, 1.807) is 0 Å². The molecular weight excluding hydrogens is 331 g/mol. The van der Waals surface area contributed by atoms with Crippen molar-refractivity contribution in [3.63, 3.8) is 0 Å². The number of unbranched alkanes of at least 4 members (excludes halogenated alkanes) is 11. The summed E-state index contributed by atoms with van der Waals surface area (Å²) in [5.74, 6) is 0. The third kappa shape index (κ3) is 13.3. The van der Waals surface area contributed by atoms with Crippen LogP contribution in [-0.2, 0) is 17.1 Å². The van der Waals surface area contributed by atoms with E-state index >= 15 is 0 Å². The van der Waals surface area contributed by atoms with Crippen LogP contribution in [0, 0.1) is 0 Å². The fraction of sp³-hybridized carbons (Fsp3) is 0.714. The quantitative estimate of drug-likeness (QED) is 0.270. The number of hydrogen-bond donors (Lipinski definition) is 2. The Balaban J connectivity index is 1.97. The monoisotopic (exact) mass is 368 g/mol. The van der Waals surface area contributed by atoms with Gasteiger partial charge in [0.1, 0.15) is 0 Å². The van der Waals surface area contributed by atoms with E-state index in [4.69, 9.17) is 9.79 Å². The minimum Gasteiger partial charge on any atom is -0.324 e. The molecule has 0 fully saturated rings. The molecule has 144 valence electrons. The zero-order valence-electron chi connectivity index (χ0n) is 16.0. The fourth-order valence-corrected chi connectivity index (χ4v) is 3.91. The third-order valence-electron chi connectivity index (χ3n) is 4.73. The standard InChI is InChI=1S/C21H37O3P/c1-2-3-4-5-6-7-8-9-10-11-12-13-14-20-15-17-21(18-16-20)19-25(22,23)24/h15-18H,2-14,19H2,1H3,(H2,22,23,24). The highest BCUT2D eigenvalue weighted by molar-refractivity contribution is 7.50. The van der Waals surface area contributed by atoms with Gasteiger partial charge in [0.15, 0.2) is 0 Å². The lowest BCUT2D eigenvalue weighted by Crippen LogP contribution is -1.90. The average molecular weight is 368 g/mol. The average Bonchev–Trinajstić information content (AvgIpc) is 2.56. The summed E-state index contributed by atoms with van der Waals surface area (Å²) in [7, 11) is -3.95. The second-order valence-electron chi connectivity index (χ2n) is 7.28. The van der Waals surface area contributed by atoms with E-state index in [1.165, 1.54) is 82.6 Å². The molecule has 0 aliphatic carbocycles. The molecular formula is C21H37O3P. The number of rotatable bonds is 15. The maximum atomic E-state index is 11.0. The van der Waals surface area contributed by atoms with Crippen LogP contribution in [0.25, 0.3) is 0 Å². The van der Waals surface area contributed by atoms with Crippen molar-refractivity contribution in [2.75, 3.05) is 0 Å². The Hall–Kier alpha value is -0.630. The number of aryl methyl sites for hydroxylation is 1. The molecule has 3 nitrogen and oxygen atoms in total. The van der Waals surface area contributed by atoms with Crippen LogP contribution in [0.5, 0.6) is 0 Å². The summed E-state index contributed by atoms with van der Waals surface area (Å²) in [6, 6.07) is 7.69. The van der Waals surface area contributed by atoms with Gasteiger partial charge in [-0.25, -0.2) is 0 Å². The molecule has 0 saturated carbocycles. The van der Waals surface area contributed by atoms with Crippen LogP contribution in [-0.4, -0.2) is 9.79 Å². The van der Waals surface area contributed by atoms with Crippen LogP contribution in [0.4, 0.5) is 0 Å². The van der Waals surface area contributed by atoms with Gasteiger partial charge in [0.25, 0.3) is 0 Å². The van der Waals surface area contributed by atoms with Gasteiger partial charge < -0.3 is 9.79 Å². The van der Waals surface area contributed by atoms with E-state index in [-0.39, 0.29) is 6.16 Å². The molecule has 0 aliphatic rings. The minimum atomic E-state index is -3.95. The molecule has 0 bridgehead atoms. The number of benzene rings is 1. The molecule has 0 amide bonds. The highest BCUT2D eigenvalue weighted by Gasteiger charge is 2.13. The normalized spacial score (nSPS) is 11.8. The third-order valence-corrected chi connectivity index (χ3v) is 5.51. The summed E-state index contributed by atoms with van der Waals surface area (Å²) in [5.41, 5.74) is 1.98. The van der Waals surface area contributed by atoms with Crippen molar-refractivity contribution < 1.29 is 14.4 Å². The van der Waals surface area contributed by atoms with E-state index in [9.17, 15) is 4.57 Å². The largest absolute Gasteiger partial charge is 0.329 e. The van der Waals surface area contributed by atoms with Crippen LogP contribution in [0.15, 0.2) is 24.3 Å². The van der Waals surface area contributed by atoms with Gasteiger partial charge in [0, 0.05) is 0 Å². The van der Waals surface area contributed by atoms with Gasteiger partial charge in [-0.05, 0) is 24.0 Å². The zero-order valence-corrected chi connectivity index (χ0v) is 16.9. The SMILES string of the molecule is CCCCCCCCCCCCCCc1ccc(CP(=O)(O)O)cc1. The van der Waals surface area contributed by atoms with Gasteiger partial charge >= 0.3 is 7.60 Å². The Bertz CT molecular complexity index is 478. The summed E-state index contributed by atoms with van der Waals surface area (Å²) in [4.78, 5) is 18.0. The van der Waals surface area contributed by atoms with Crippen molar-refractivity contribution in [1.82, 2.24) is 0 Å². The van der Waals surface area contributed by atoms with Crippen molar-refractivity contribution in [2.45, 2.75) is 96.6 Å². The molecule has 0 saturated heterocycles. The molecule has 0 aromatic heterocycles. The Morgan fingerprint density at radius 3 is 1.52 bits per heavy atom. The Labute approximate surface area is 154 Å². The van der Waals surface area contributed by atoms with Gasteiger partial charge in [-0.3, -0.25) is 4.57 Å². The second kappa shape index (κ2) is 13.6. The molecule has 4 heteroatoms. The molecule has 0 spiro atoms. The van der Waals surface area contributed by atoms with Crippen LogP contribution in [0.2, 0.25) is 0 Å². The molecule has 25 heavy (non-hydrogen) atoms. The van der Waals surface area contributed by atoms with E-state index < -0.39 is 7.60 Å². The maximum Gasteiger partial charge on any atom is 0.329 e. The molecule has 0 heterocycles. The highest BCUT2D eigenvalue weighted by Crippen LogP contribution is 2.38. The minimum absolute atomic E-state index is 0.161. The van der Waals surface area contributed by atoms with Gasteiger partial charge in [-0.1, -0.05) is 102 Å². The summed E-state index contributed by atoms with van der Waals surface area (Å²) in [6.45, 7) is 2.27. The van der Waals surface area contributed by atoms with Crippen LogP contribution >= 0.6 is 7.60 Å². The first-order valence-corrected chi connectivity index (χ1v) is 11.9. The Morgan fingerprint density at radius 2 is 1.08 bits per heavy atom. The molecule has 1 aromatic rings. The van der Waals surface area contributed by atoms with E-state index in [0.29, 0.717) is 5.56 Å². The van der Waals surface area contributed by atoms with Crippen molar-refractivity contribution in [3.8, 4) is 0 Å². The topological polar surface area (TPSA) is 57.5 Å². The van der Waals surface area contributed by atoms with E-state index in [1.807, 2.05) is 24.3 Å². The first kappa shape index (κ1) is 22.4. The van der Waals surface area contributed by atoms with Gasteiger partial charge in [0.05, 0.1) is 6.16 Å². The van der Waals surface area contributed by atoms with Crippen LogP contribution < -0.4 is 0 Å². The Kier molecular flexibility index (Phi) is 12.2. The Morgan fingerprint density at radius 1 is 0.680 bits per heavy atom. The predicted molar refractivity (Wildman–Crippen MR) is 107 cm³/mol. The smallest absolute Gasteiger partial charge is 0.324 e. The summed E-state index contributed by atoms with van der Waals surface area (Å²) >= 11 is 0. The summed E-state index contributed by atoms with van der Waals surface area (Å²) in [6.07, 6.45) is 17.2. The molecule has 0 atom stereocenters. The van der Waals surface area contributed by atoms with Crippen molar-refractivity contribution in [3.05, 3.63) is 35.4 Å². The first-order valence-electron chi connectivity index (χ1n) is 10.1. The van der Waals surface area contributed by atoms with Crippen molar-refractivity contribution >= 4 is 7.60 Å². The summed E-state index contributed by atoms with van der Waals surface area (Å²) in [5, 5.41) is 0. The van der Waals surface area contributed by atoms with Gasteiger partial charge in [0.2, 0.25) is 0 Å². The first-order chi connectivity index (χ1) is 12.0. The van der Waals surface area contributed by atoms with E-state index in [2.05, 4.69) is 6.92 Å². The lowest BCUT2D eigenvalue weighted by atomic mass is 10.0. The van der Waals surface area contributed by atoms with Crippen LogP contribution in [0.1, 0.15) is 95.1 Å². The van der Waals surface area contributed by atoms with Gasteiger partial charge in [-0.2, -0.15) is 0 Å². The molecule has 1 rings (SSSR count). The highest BCUT2D eigenvalue weighted by atomic mass is 31.2. The van der Waals surface area contributed by atoms with E-state index in [0.717, 1.165) is 6.42 Å². The van der Waals surface area contributed by atoms with Gasteiger partial charge in [-0.15, -0.1) is 0 Å². The lowest BCUT2D eigenvalue weighted by molar-refractivity contribution is 0.371. The molecule has 2 N–H and O–H groups in total. The number of hydrogen-bond acceptors (Lipinski definition) is 1. The molecule has 0 unspecified atom stereocenters. The molecule has 1 aromatic carbocycles.